The standard InChI is InChI=1S/C11H13N5O/c1-2-3-11(17)15-9-4-5-10(12-6-9)16-7-13-14-8-16/h4-8H,2-3H2,1H3,(H,15,17). The third-order valence-electron chi connectivity index (χ3n) is 2.19. The Hall–Kier alpha value is -2.24. The summed E-state index contributed by atoms with van der Waals surface area (Å²) in [5, 5.41) is 10.2. The summed E-state index contributed by atoms with van der Waals surface area (Å²) < 4.78 is 1.69. The Morgan fingerprint density at radius 1 is 1.35 bits per heavy atom. The molecule has 6 nitrogen and oxygen atoms in total. The van der Waals surface area contributed by atoms with Gasteiger partial charge in [0, 0.05) is 6.42 Å². The summed E-state index contributed by atoms with van der Waals surface area (Å²) in [4.78, 5) is 15.6. The number of nitrogens with one attached hydrogen (secondary N) is 1. The van der Waals surface area contributed by atoms with Gasteiger partial charge in [-0.3, -0.25) is 9.36 Å². The largest absolute Gasteiger partial charge is 0.325 e. The molecule has 0 aliphatic carbocycles. The van der Waals surface area contributed by atoms with Crippen molar-refractivity contribution in [2.75, 3.05) is 5.32 Å². The van der Waals surface area contributed by atoms with E-state index in [4.69, 9.17) is 0 Å². The van der Waals surface area contributed by atoms with Crippen LogP contribution in [0.25, 0.3) is 5.82 Å². The lowest BCUT2D eigenvalue weighted by Crippen LogP contribution is -2.10. The van der Waals surface area contributed by atoms with Crippen LogP contribution in [0.1, 0.15) is 19.8 Å². The summed E-state index contributed by atoms with van der Waals surface area (Å²) in [6.45, 7) is 1.97. The number of rotatable bonds is 4. The van der Waals surface area contributed by atoms with Crippen molar-refractivity contribution in [2.24, 2.45) is 0 Å². The Morgan fingerprint density at radius 3 is 2.71 bits per heavy atom. The van der Waals surface area contributed by atoms with Crippen LogP contribution in [0.2, 0.25) is 0 Å². The first-order chi connectivity index (χ1) is 8.29. The van der Waals surface area contributed by atoms with Gasteiger partial charge in [-0.1, -0.05) is 6.92 Å². The van der Waals surface area contributed by atoms with E-state index in [1.807, 2.05) is 6.92 Å². The van der Waals surface area contributed by atoms with Gasteiger partial charge in [0.05, 0.1) is 11.9 Å². The predicted octanol–water partition coefficient (Wildman–Crippen LogP) is 1.40. The first kappa shape index (κ1) is 11.3. The summed E-state index contributed by atoms with van der Waals surface area (Å²) in [5.74, 6) is 0.717. The van der Waals surface area contributed by atoms with Gasteiger partial charge in [-0.25, -0.2) is 4.98 Å². The Morgan fingerprint density at radius 2 is 2.12 bits per heavy atom. The molecule has 0 spiro atoms. The van der Waals surface area contributed by atoms with Crippen LogP contribution in [-0.2, 0) is 4.79 Å². The first-order valence-corrected chi connectivity index (χ1v) is 5.40. The molecule has 1 N–H and O–H groups in total. The molecule has 0 saturated carbocycles. The summed E-state index contributed by atoms with van der Waals surface area (Å²) >= 11 is 0. The van der Waals surface area contributed by atoms with Crippen LogP contribution in [-0.4, -0.2) is 25.7 Å². The van der Waals surface area contributed by atoms with Crippen LogP contribution in [0, 0.1) is 0 Å². The van der Waals surface area contributed by atoms with Crippen molar-refractivity contribution in [2.45, 2.75) is 19.8 Å². The number of pyridine rings is 1. The van der Waals surface area contributed by atoms with Crippen molar-refractivity contribution in [1.29, 1.82) is 0 Å². The molecular formula is C11H13N5O. The van der Waals surface area contributed by atoms with E-state index in [0.717, 1.165) is 6.42 Å². The van der Waals surface area contributed by atoms with Gasteiger partial charge >= 0.3 is 0 Å². The maximum atomic E-state index is 11.4. The number of nitrogens with zero attached hydrogens (tertiary/aromatic N) is 4. The lowest BCUT2D eigenvalue weighted by atomic mass is 10.3. The van der Waals surface area contributed by atoms with E-state index in [1.54, 1.807) is 35.6 Å². The monoisotopic (exact) mass is 231 g/mol. The maximum Gasteiger partial charge on any atom is 0.224 e. The average molecular weight is 231 g/mol. The fraction of sp³-hybridized carbons (Fsp3) is 0.273. The SMILES string of the molecule is CCCC(=O)Nc1ccc(-n2cnnc2)nc1. The van der Waals surface area contributed by atoms with Crippen LogP contribution in [0.15, 0.2) is 31.0 Å². The molecule has 2 rings (SSSR count). The highest BCUT2D eigenvalue weighted by Crippen LogP contribution is 2.09. The fourth-order valence-corrected chi connectivity index (χ4v) is 1.38. The van der Waals surface area contributed by atoms with Crippen molar-refractivity contribution < 1.29 is 4.79 Å². The zero-order chi connectivity index (χ0) is 12.1. The van der Waals surface area contributed by atoms with E-state index in [9.17, 15) is 4.79 Å². The van der Waals surface area contributed by atoms with Crippen molar-refractivity contribution in [1.82, 2.24) is 19.7 Å². The zero-order valence-corrected chi connectivity index (χ0v) is 9.50. The summed E-state index contributed by atoms with van der Waals surface area (Å²) in [7, 11) is 0. The number of carbonyl (C=O) groups excluding carboxylic acids is 1. The van der Waals surface area contributed by atoms with Crippen LogP contribution in [0.5, 0.6) is 0 Å². The second kappa shape index (κ2) is 5.20. The molecule has 0 aliphatic rings. The van der Waals surface area contributed by atoms with E-state index in [2.05, 4.69) is 20.5 Å². The minimum absolute atomic E-state index is 0.00588. The molecule has 2 aromatic rings. The summed E-state index contributed by atoms with van der Waals surface area (Å²) in [6, 6.07) is 3.60. The van der Waals surface area contributed by atoms with Crippen molar-refractivity contribution in [3.63, 3.8) is 0 Å². The van der Waals surface area contributed by atoms with E-state index in [0.29, 0.717) is 17.9 Å². The molecule has 0 radical (unpaired) electrons. The summed E-state index contributed by atoms with van der Waals surface area (Å²) in [5.41, 5.74) is 0.695. The molecule has 0 aliphatic heterocycles. The Bertz CT molecular complexity index is 477. The normalized spacial score (nSPS) is 10.2. The topological polar surface area (TPSA) is 72.7 Å². The molecule has 0 aromatic carbocycles. The van der Waals surface area contributed by atoms with Gasteiger partial charge in [-0.05, 0) is 18.6 Å². The van der Waals surface area contributed by atoms with Gasteiger partial charge in [-0.15, -0.1) is 10.2 Å². The minimum atomic E-state index is 0.00588. The van der Waals surface area contributed by atoms with E-state index < -0.39 is 0 Å². The predicted molar refractivity (Wildman–Crippen MR) is 62.7 cm³/mol. The molecule has 17 heavy (non-hydrogen) atoms. The van der Waals surface area contributed by atoms with Gasteiger partial charge in [-0.2, -0.15) is 0 Å². The zero-order valence-electron chi connectivity index (χ0n) is 9.50. The molecule has 0 fully saturated rings. The Kier molecular flexibility index (Phi) is 3.44. The lowest BCUT2D eigenvalue weighted by molar-refractivity contribution is -0.116. The molecule has 1 amide bonds. The van der Waals surface area contributed by atoms with Gasteiger partial charge in [0.15, 0.2) is 0 Å². The van der Waals surface area contributed by atoms with Crippen LogP contribution < -0.4 is 5.32 Å². The highest BCUT2D eigenvalue weighted by Gasteiger charge is 2.02. The molecule has 0 unspecified atom stereocenters. The third-order valence-corrected chi connectivity index (χ3v) is 2.19. The maximum absolute atomic E-state index is 11.4. The molecule has 2 aromatic heterocycles. The van der Waals surface area contributed by atoms with Crippen molar-refractivity contribution in [3.8, 4) is 5.82 Å². The molecule has 0 saturated heterocycles. The van der Waals surface area contributed by atoms with Gasteiger partial charge < -0.3 is 5.32 Å². The average Bonchev–Trinajstić information content (AvgIpc) is 2.84. The van der Waals surface area contributed by atoms with Crippen LogP contribution >= 0.6 is 0 Å². The van der Waals surface area contributed by atoms with Crippen molar-refractivity contribution >= 4 is 11.6 Å². The highest BCUT2D eigenvalue weighted by atomic mass is 16.1. The number of amides is 1. The molecular weight excluding hydrogens is 218 g/mol. The summed E-state index contributed by atoms with van der Waals surface area (Å²) in [6.07, 6.45) is 6.10. The van der Waals surface area contributed by atoms with Crippen molar-refractivity contribution in [3.05, 3.63) is 31.0 Å². The second-order valence-electron chi connectivity index (χ2n) is 3.57. The fourth-order valence-electron chi connectivity index (χ4n) is 1.38. The van der Waals surface area contributed by atoms with Crippen LogP contribution in [0.4, 0.5) is 5.69 Å². The molecule has 6 heteroatoms. The number of hydrogen-bond donors (Lipinski definition) is 1. The smallest absolute Gasteiger partial charge is 0.224 e. The molecule has 88 valence electrons. The Balaban J connectivity index is 2.06. The molecule has 0 bridgehead atoms. The van der Waals surface area contributed by atoms with Gasteiger partial charge in [0.1, 0.15) is 18.5 Å². The third kappa shape index (κ3) is 2.87. The molecule has 0 atom stereocenters. The molecule has 2 heterocycles. The minimum Gasteiger partial charge on any atom is -0.325 e. The number of hydrogen-bond acceptors (Lipinski definition) is 4. The van der Waals surface area contributed by atoms with Gasteiger partial charge in [0.2, 0.25) is 5.91 Å². The van der Waals surface area contributed by atoms with E-state index in [1.165, 1.54) is 0 Å². The first-order valence-electron chi connectivity index (χ1n) is 5.40. The second-order valence-corrected chi connectivity index (χ2v) is 3.57. The van der Waals surface area contributed by atoms with E-state index >= 15 is 0 Å². The number of carbonyl (C=O) groups is 1. The lowest BCUT2D eigenvalue weighted by Gasteiger charge is -2.05. The van der Waals surface area contributed by atoms with Crippen LogP contribution in [0.3, 0.4) is 0 Å². The number of aromatic nitrogens is 4. The Labute approximate surface area is 98.7 Å². The quantitative estimate of drug-likeness (QED) is 0.863. The van der Waals surface area contributed by atoms with Gasteiger partial charge in [0.25, 0.3) is 0 Å². The number of anilines is 1. The van der Waals surface area contributed by atoms with E-state index in [-0.39, 0.29) is 5.91 Å². The highest BCUT2D eigenvalue weighted by molar-refractivity contribution is 5.90.